The lowest BCUT2D eigenvalue weighted by molar-refractivity contribution is -0.141. The first-order valence-corrected chi connectivity index (χ1v) is 10.2. The first-order chi connectivity index (χ1) is 14.3. The third-order valence-corrected chi connectivity index (χ3v) is 6.18. The Bertz CT molecular complexity index is 978. The van der Waals surface area contributed by atoms with Crippen LogP contribution in [0.3, 0.4) is 0 Å². The second kappa shape index (κ2) is 8.06. The minimum absolute atomic E-state index is 0.114. The summed E-state index contributed by atoms with van der Waals surface area (Å²) in [5, 5.41) is 6.89. The summed E-state index contributed by atoms with van der Waals surface area (Å²) in [7, 11) is 1.60. The standard InChI is InChI=1S/C21H21Cl2N3O4/c1-29-8-13-4-14(7-24-6-13)19(28)26-21-10-20(11-21,12-21)25-18(27)9-30-15-2-3-16(22)17(23)5-15/h2-7H,8-12H2,1H3,(H,25,27)(H,26,28). The second-order valence-electron chi connectivity index (χ2n) is 7.97. The third kappa shape index (κ3) is 4.24. The molecule has 1 aromatic carbocycles. The predicted octanol–water partition coefficient (Wildman–Crippen LogP) is 3.13. The van der Waals surface area contributed by atoms with Gasteiger partial charge in [-0.25, -0.2) is 0 Å². The number of nitrogens with one attached hydrogen (secondary N) is 2. The van der Waals surface area contributed by atoms with E-state index in [-0.39, 0.29) is 29.5 Å². The van der Waals surface area contributed by atoms with Gasteiger partial charge in [-0.1, -0.05) is 23.2 Å². The van der Waals surface area contributed by atoms with E-state index in [9.17, 15) is 9.59 Å². The lowest BCUT2D eigenvalue weighted by Crippen LogP contribution is -2.84. The Kier molecular flexibility index (Phi) is 5.61. The van der Waals surface area contributed by atoms with E-state index in [1.807, 2.05) is 0 Å². The van der Waals surface area contributed by atoms with Gasteiger partial charge in [0.15, 0.2) is 6.61 Å². The van der Waals surface area contributed by atoms with Crippen molar-refractivity contribution in [2.45, 2.75) is 36.9 Å². The highest BCUT2D eigenvalue weighted by Gasteiger charge is 2.69. The van der Waals surface area contributed by atoms with Crippen molar-refractivity contribution in [3.8, 4) is 5.75 Å². The molecule has 3 aliphatic rings. The zero-order valence-electron chi connectivity index (χ0n) is 16.3. The molecule has 2 N–H and O–H groups in total. The maximum atomic E-state index is 12.6. The number of nitrogens with zero attached hydrogens (tertiary/aromatic N) is 1. The first-order valence-electron chi connectivity index (χ1n) is 9.46. The van der Waals surface area contributed by atoms with Crippen LogP contribution in [0.15, 0.2) is 36.7 Å². The topological polar surface area (TPSA) is 89.5 Å². The van der Waals surface area contributed by atoms with Crippen LogP contribution in [-0.4, -0.2) is 41.6 Å². The molecule has 0 unspecified atom stereocenters. The van der Waals surface area contributed by atoms with E-state index in [0.717, 1.165) is 5.56 Å². The first kappa shape index (κ1) is 20.9. The van der Waals surface area contributed by atoms with Gasteiger partial charge in [0.2, 0.25) is 0 Å². The van der Waals surface area contributed by atoms with Gasteiger partial charge < -0.3 is 20.1 Å². The van der Waals surface area contributed by atoms with Crippen molar-refractivity contribution >= 4 is 35.0 Å². The maximum absolute atomic E-state index is 12.6. The van der Waals surface area contributed by atoms with Crippen LogP contribution >= 0.6 is 23.2 Å². The summed E-state index contributed by atoms with van der Waals surface area (Å²) in [5.74, 6) is 0.102. The highest BCUT2D eigenvalue weighted by molar-refractivity contribution is 6.42. The minimum atomic E-state index is -0.262. The molecule has 2 aromatic rings. The largest absolute Gasteiger partial charge is 0.484 e. The van der Waals surface area contributed by atoms with E-state index in [2.05, 4.69) is 15.6 Å². The number of pyridine rings is 1. The number of hydrogen-bond acceptors (Lipinski definition) is 5. The fourth-order valence-corrected chi connectivity index (χ4v) is 4.56. The van der Waals surface area contributed by atoms with Gasteiger partial charge in [-0.15, -0.1) is 0 Å². The summed E-state index contributed by atoms with van der Waals surface area (Å²) in [4.78, 5) is 28.9. The lowest BCUT2D eigenvalue weighted by atomic mass is 9.44. The number of amides is 2. The molecule has 0 saturated heterocycles. The Morgan fingerprint density at radius 2 is 1.80 bits per heavy atom. The van der Waals surface area contributed by atoms with Crippen molar-refractivity contribution in [2.75, 3.05) is 13.7 Å². The SMILES string of the molecule is COCc1cncc(C(=O)NC23CC(NC(=O)COc4ccc(Cl)c(Cl)c4)(C2)C3)c1. The molecule has 7 nitrogen and oxygen atoms in total. The zero-order valence-corrected chi connectivity index (χ0v) is 17.8. The van der Waals surface area contributed by atoms with Crippen LogP contribution in [0.1, 0.15) is 35.2 Å². The Labute approximate surface area is 184 Å². The van der Waals surface area contributed by atoms with Gasteiger partial charge >= 0.3 is 0 Å². The molecule has 0 aliphatic heterocycles. The van der Waals surface area contributed by atoms with Crippen molar-refractivity contribution in [1.29, 1.82) is 0 Å². The molecule has 30 heavy (non-hydrogen) atoms. The molecule has 1 aromatic heterocycles. The van der Waals surface area contributed by atoms with Crippen LogP contribution < -0.4 is 15.4 Å². The molecular weight excluding hydrogens is 429 g/mol. The molecule has 0 radical (unpaired) electrons. The van der Waals surface area contributed by atoms with E-state index in [4.69, 9.17) is 32.7 Å². The number of aromatic nitrogens is 1. The molecule has 3 aliphatic carbocycles. The van der Waals surface area contributed by atoms with E-state index < -0.39 is 0 Å². The van der Waals surface area contributed by atoms with Crippen LogP contribution in [0.2, 0.25) is 10.0 Å². The van der Waals surface area contributed by atoms with E-state index in [1.165, 1.54) is 6.20 Å². The van der Waals surface area contributed by atoms with Gasteiger partial charge in [0.05, 0.1) is 22.2 Å². The van der Waals surface area contributed by atoms with Gasteiger partial charge in [-0.05, 0) is 43.0 Å². The highest BCUT2D eigenvalue weighted by Crippen LogP contribution is 2.60. The molecule has 0 atom stereocenters. The molecule has 3 fully saturated rings. The zero-order chi connectivity index (χ0) is 21.4. The Hall–Kier alpha value is -2.35. The molecule has 5 rings (SSSR count). The molecule has 1 heterocycles. The summed E-state index contributed by atoms with van der Waals surface area (Å²) in [6, 6.07) is 6.61. The molecule has 3 saturated carbocycles. The molecular formula is C21H21Cl2N3O4. The van der Waals surface area contributed by atoms with Crippen molar-refractivity contribution in [3.05, 3.63) is 57.8 Å². The van der Waals surface area contributed by atoms with Crippen molar-refractivity contribution < 1.29 is 19.1 Å². The Morgan fingerprint density at radius 3 is 2.50 bits per heavy atom. The lowest BCUT2D eigenvalue weighted by Gasteiger charge is -2.70. The average Bonchev–Trinajstić information content (AvgIpc) is 2.66. The summed E-state index contributed by atoms with van der Waals surface area (Å²) < 4.78 is 10.6. The average molecular weight is 450 g/mol. The number of ether oxygens (including phenoxy) is 2. The Balaban J connectivity index is 1.24. The number of carbonyl (C=O) groups is 2. The third-order valence-electron chi connectivity index (χ3n) is 5.44. The van der Waals surface area contributed by atoms with E-state index in [1.54, 1.807) is 37.6 Å². The summed E-state index contributed by atoms with van der Waals surface area (Å²) in [6.07, 6.45) is 5.32. The smallest absolute Gasteiger partial charge is 0.258 e. The van der Waals surface area contributed by atoms with E-state index >= 15 is 0 Å². The number of methoxy groups -OCH3 is 1. The fourth-order valence-electron chi connectivity index (χ4n) is 4.27. The number of benzene rings is 1. The molecule has 2 bridgehead atoms. The number of carbonyl (C=O) groups excluding carboxylic acids is 2. The Morgan fingerprint density at radius 1 is 1.07 bits per heavy atom. The number of hydrogen-bond donors (Lipinski definition) is 2. The van der Waals surface area contributed by atoms with E-state index in [0.29, 0.717) is 47.2 Å². The van der Waals surface area contributed by atoms with Crippen molar-refractivity contribution in [1.82, 2.24) is 15.6 Å². The van der Waals surface area contributed by atoms with Crippen molar-refractivity contribution in [3.63, 3.8) is 0 Å². The van der Waals surface area contributed by atoms with Gasteiger partial charge in [0.25, 0.3) is 11.8 Å². The quantitative estimate of drug-likeness (QED) is 0.645. The van der Waals surface area contributed by atoms with Gasteiger partial charge in [0, 0.05) is 36.6 Å². The number of rotatable bonds is 8. The fraction of sp³-hybridized carbons (Fsp3) is 0.381. The predicted molar refractivity (Wildman–Crippen MR) is 112 cm³/mol. The van der Waals surface area contributed by atoms with Gasteiger partial charge in [-0.3, -0.25) is 14.6 Å². The normalized spacial score (nSPS) is 23.7. The highest BCUT2D eigenvalue weighted by atomic mass is 35.5. The minimum Gasteiger partial charge on any atom is -0.484 e. The second-order valence-corrected chi connectivity index (χ2v) is 8.79. The van der Waals surface area contributed by atoms with Crippen LogP contribution in [0.25, 0.3) is 0 Å². The van der Waals surface area contributed by atoms with Crippen LogP contribution in [0.5, 0.6) is 5.75 Å². The molecule has 158 valence electrons. The number of halogens is 2. The van der Waals surface area contributed by atoms with Crippen LogP contribution in [-0.2, 0) is 16.1 Å². The van der Waals surface area contributed by atoms with Crippen molar-refractivity contribution in [2.24, 2.45) is 0 Å². The summed E-state index contributed by atoms with van der Waals surface area (Å²) in [6.45, 7) is 0.287. The monoisotopic (exact) mass is 449 g/mol. The van der Waals surface area contributed by atoms with Gasteiger partial charge in [0.1, 0.15) is 5.75 Å². The maximum Gasteiger partial charge on any atom is 0.258 e. The molecule has 0 spiro atoms. The van der Waals surface area contributed by atoms with Crippen LogP contribution in [0, 0.1) is 0 Å². The molecule has 2 amide bonds. The van der Waals surface area contributed by atoms with Gasteiger partial charge in [-0.2, -0.15) is 0 Å². The van der Waals surface area contributed by atoms with Crippen LogP contribution in [0.4, 0.5) is 0 Å². The molecule has 9 heteroatoms. The summed E-state index contributed by atoms with van der Waals surface area (Å²) >= 11 is 11.8. The summed E-state index contributed by atoms with van der Waals surface area (Å²) in [5.41, 5.74) is 0.823.